The molecule has 0 saturated carbocycles. The molecular formula is C21H17F2N3O. The van der Waals surface area contributed by atoms with Gasteiger partial charge in [0.25, 0.3) is 5.56 Å². The van der Waals surface area contributed by atoms with Crippen LogP contribution in [0.3, 0.4) is 0 Å². The number of rotatable bonds is 3. The first-order chi connectivity index (χ1) is 12.9. The molecule has 0 radical (unpaired) electrons. The van der Waals surface area contributed by atoms with Crippen LogP contribution in [0.4, 0.5) is 8.78 Å². The van der Waals surface area contributed by atoms with E-state index in [-0.39, 0.29) is 23.7 Å². The molecule has 27 heavy (non-hydrogen) atoms. The van der Waals surface area contributed by atoms with Gasteiger partial charge in [-0.05, 0) is 55.3 Å². The van der Waals surface area contributed by atoms with Crippen LogP contribution in [-0.2, 0) is 6.54 Å². The molecule has 0 spiro atoms. The smallest absolute Gasteiger partial charge is 0.252 e. The number of hydrogen-bond acceptors (Lipinski definition) is 2. The molecule has 0 aliphatic rings. The molecule has 4 nitrogen and oxygen atoms in total. The molecule has 0 saturated heterocycles. The Morgan fingerprint density at radius 3 is 2.41 bits per heavy atom. The monoisotopic (exact) mass is 365 g/mol. The van der Waals surface area contributed by atoms with Gasteiger partial charge in [-0.3, -0.25) is 9.36 Å². The molecule has 2 aromatic carbocycles. The summed E-state index contributed by atoms with van der Waals surface area (Å²) in [5.74, 6) is -0.713. The van der Waals surface area contributed by atoms with Gasteiger partial charge >= 0.3 is 0 Å². The Balaban J connectivity index is 2.00. The second-order valence-electron chi connectivity index (χ2n) is 6.55. The Morgan fingerprint density at radius 2 is 1.70 bits per heavy atom. The average molecular weight is 365 g/mol. The van der Waals surface area contributed by atoms with Crippen molar-refractivity contribution >= 4 is 11.0 Å². The molecule has 0 N–H and O–H groups in total. The number of fused-ring (bicyclic) bond motifs is 1. The molecule has 0 fully saturated rings. The summed E-state index contributed by atoms with van der Waals surface area (Å²) in [6.07, 6.45) is 0. The number of aryl methyl sites for hydroxylation is 2. The van der Waals surface area contributed by atoms with Gasteiger partial charge in [0.1, 0.15) is 17.3 Å². The predicted molar refractivity (Wildman–Crippen MR) is 100 cm³/mol. The molecule has 0 atom stereocenters. The standard InChI is InChI=1S/C21H17F2N3O/c1-13-10-19(27)25(12-15-6-8-16(22)9-7-15)21-20(13)14(2)24-26(21)18-5-3-4-17(23)11-18/h3-11H,12H2,1-2H3. The fraction of sp³-hybridized carbons (Fsp3) is 0.143. The maximum Gasteiger partial charge on any atom is 0.252 e. The summed E-state index contributed by atoms with van der Waals surface area (Å²) in [5, 5.41) is 5.40. The van der Waals surface area contributed by atoms with Crippen molar-refractivity contribution in [2.75, 3.05) is 0 Å². The summed E-state index contributed by atoms with van der Waals surface area (Å²) in [6, 6.07) is 13.7. The number of benzene rings is 2. The molecule has 0 bridgehead atoms. The Bertz CT molecular complexity index is 1210. The lowest BCUT2D eigenvalue weighted by Gasteiger charge is -2.12. The highest BCUT2D eigenvalue weighted by Crippen LogP contribution is 2.24. The van der Waals surface area contributed by atoms with Gasteiger partial charge in [0.2, 0.25) is 0 Å². The van der Waals surface area contributed by atoms with E-state index in [1.54, 1.807) is 39.6 Å². The maximum atomic E-state index is 13.8. The van der Waals surface area contributed by atoms with Crippen molar-refractivity contribution in [1.82, 2.24) is 14.3 Å². The first-order valence-corrected chi connectivity index (χ1v) is 8.54. The third-order valence-corrected chi connectivity index (χ3v) is 4.60. The fourth-order valence-corrected chi connectivity index (χ4v) is 3.38. The zero-order valence-corrected chi connectivity index (χ0v) is 14.9. The minimum Gasteiger partial charge on any atom is -0.288 e. The Hall–Kier alpha value is -3.28. The Kier molecular flexibility index (Phi) is 4.11. The minimum atomic E-state index is -0.381. The summed E-state index contributed by atoms with van der Waals surface area (Å²) >= 11 is 0. The number of pyridine rings is 1. The van der Waals surface area contributed by atoms with Crippen molar-refractivity contribution in [3.63, 3.8) is 0 Å². The normalized spacial score (nSPS) is 11.3. The molecule has 0 unspecified atom stereocenters. The van der Waals surface area contributed by atoms with Gasteiger partial charge < -0.3 is 0 Å². The molecule has 6 heteroatoms. The highest BCUT2D eigenvalue weighted by molar-refractivity contribution is 5.83. The van der Waals surface area contributed by atoms with Gasteiger partial charge in [-0.15, -0.1) is 0 Å². The summed E-state index contributed by atoms with van der Waals surface area (Å²) in [4.78, 5) is 12.8. The number of nitrogens with zero attached hydrogens (tertiary/aromatic N) is 3. The van der Waals surface area contributed by atoms with Gasteiger partial charge in [0, 0.05) is 11.5 Å². The summed E-state index contributed by atoms with van der Waals surface area (Å²) < 4.78 is 30.2. The Labute approximate surface area is 154 Å². The van der Waals surface area contributed by atoms with E-state index in [9.17, 15) is 13.6 Å². The summed E-state index contributed by atoms with van der Waals surface area (Å²) in [7, 11) is 0. The highest BCUT2D eigenvalue weighted by Gasteiger charge is 2.17. The first-order valence-electron chi connectivity index (χ1n) is 8.54. The molecule has 4 aromatic rings. The van der Waals surface area contributed by atoms with Crippen molar-refractivity contribution in [1.29, 1.82) is 0 Å². The molecule has 2 heterocycles. The Morgan fingerprint density at radius 1 is 0.963 bits per heavy atom. The van der Waals surface area contributed by atoms with Crippen LogP contribution in [-0.4, -0.2) is 14.3 Å². The average Bonchev–Trinajstić information content (AvgIpc) is 2.98. The molecule has 0 aliphatic carbocycles. The second kappa shape index (κ2) is 6.46. The quantitative estimate of drug-likeness (QED) is 0.548. The van der Waals surface area contributed by atoms with Gasteiger partial charge in [-0.25, -0.2) is 13.5 Å². The molecule has 0 amide bonds. The number of hydrogen-bond donors (Lipinski definition) is 0. The van der Waals surface area contributed by atoms with E-state index < -0.39 is 0 Å². The number of halogens is 2. The second-order valence-corrected chi connectivity index (χ2v) is 6.55. The van der Waals surface area contributed by atoms with Crippen LogP contribution < -0.4 is 5.56 Å². The largest absolute Gasteiger partial charge is 0.288 e. The summed E-state index contributed by atoms with van der Waals surface area (Å²) in [5.41, 5.74) is 3.28. The maximum absolute atomic E-state index is 13.8. The van der Waals surface area contributed by atoms with E-state index in [2.05, 4.69) is 5.10 Å². The lowest BCUT2D eigenvalue weighted by molar-refractivity contribution is 0.625. The van der Waals surface area contributed by atoms with Gasteiger partial charge in [-0.2, -0.15) is 5.10 Å². The van der Waals surface area contributed by atoms with Crippen molar-refractivity contribution in [3.05, 3.63) is 93.4 Å². The highest BCUT2D eigenvalue weighted by atomic mass is 19.1. The zero-order valence-electron chi connectivity index (χ0n) is 14.9. The molecule has 4 rings (SSSR count). The van der Waals surface area contributed by atoms with Crippen LogP contribution in [0, 0.1) is 25.5 Å². The van der Waals surface area contributed by atoms with Gasteiger partial charge in [0.05, 0.1) is 17.9 Å². The van der Waals surface area contributed by atoms with E-state index >= 15 is 0 Å². The van der Waals surface area contributed by atoms with E-state index in [0.717, 1.165) is 22.2 Å². The van der Waals surface area contributed by atoms with Crippen molar-refractivity contribution in [2.45, 2.75) is 20.4 Å². The molecule has 0 aliphatic heterocycles. The van der Waals surface area contributed by atoms with Crippen LogP contribution in [0.1, 0.15) is 16.8 Å². The van der Waals surface area contributed by atoms with E-state index in [0.29, 0.717) is 11.3 Å². The van der Waals surface area contributed by atoms with E-state index in [4.69, 9.17) is 0 Å². The summed E-state index contributed by atoms with van der Waals surface area (Å²) in [6.45, 7) is 3.98. The molecular weight excluding hydrogens is 348 g/mol. The van der Waals surface area contributed by atoms with Crippen LogP contribution in [0.25, 0.3) is 16.7 Å². The van der Waals surface area contributed by atoms with E-state index in [1.807, 2.05) is 13.8 Å². The van der Waals surface area contributed by atoms with Crippen LogP contribution in [0.15, 0.2) is 59.4 Å². The van der Waals surface area contributed by atoms with E-state index in [1.165, 1.54) is 24.3 Å². The van der Waals surface area contributed by atoms with Crippen molar-refractivity contribution in [2.24, 2.45) is 0 Å². The van der Waals surface area contributed by atoms with Gasteiger partial charge in [-0.1, -0.05) is 18.2 Å². The van der Waals surface area contributed by atoms with Crippen molar-refractivity contribution < 1.29 is 8.78 Å². The lowest BCUT2D eigenvalue weighted by Crippen LogP contribution is -2.22. The van der Waals surface area contributed by atoms with Gasteiger partial charge in [0.15, 0.2) is 0 Å². The fourth-order valence-electron chi connectivity index (χ4n) is 3.38. The first kappa shape index (κ1) is 17.1. The molecule has 136 valence electrons. The molecule has 2 aromatic heterocycles. The third-order valence-electron chi connectivity index (χ3n) is 4.60. The van der Waals surface area contributed by atoms with Crippen LogP contribution in [0.5, 0.6) is 0 Å². The minimum absolute atomic E-state index is 0.193. The van der Waals surface area contributed by atoms with Crippen molar-refractivity contribution in [3.8, 4) is 5.69 Å². The number of aromatic nitrogens is 3. The SMILES string of the molecule is Cc1cc(=O)n(Cc2ccc(F)cc2)c2c1c(C)nn2-c1cccc(F)c1. The zero-order chi connectivity index (χ0) is 19.1. The lowest BCUT2D eigenvalue weighted by atomic mass is 10.1. The van der Waals surface area contributed by atoms with Crippen LogP contribution >= 0.6 is 0 Å². The predicted octanol–water partition coefficient (Wildman–Crippen LogP) is 4.13. The topological polar surface area (TPSA) is 39.8 Å². The van der Waals surface area contributed by atoms with Crippen LogP contribution in [0.2, 0.25) is 0 Å². The third kappa shape index (κ3) is 3.03.